The third kappa shape index (κ3) is 3.31. The highest BCUT2D eigenvalue weighted by Crippen LogP contribution is 2.27. The van der Waals surface area contributed by atoms with E-state index in [9.17, 15) is 18.4 Å². The maximum absolute atomic E-state index is 13.9. The number of nitrogens with one attached hydrogen (secondary N) is 2. The molecule has 1 unspecified atom stereocenters. The minimum Gasteiger partial charge on any atom is -0.494 e. The number of halogens is 2. The maximum Gasteiger partial charge on any atom is 0.252 e. The third-order valence-corrected chi connectivity index (χ3v) is 4.10. The van der Waals surface area contributed by atoms with Crippen molar-refractivity contribution in [2.24, 2.45) is 0 Å². The van der Waals surface area contributed by atoms with Gasteiger partial charge in [-0.15, -0.1) is 0 Å². The first-order chi connectivity index (χ1) is 12.0. The second-order valence-corrected chi connectivity index (χ2v) is 5.65. The summed E-state index contributed by atoms with van der Waals surface area (Å²) in [5.74, 6) is -2.95. The molecule has 25 heavy (non-hydrogen) atoms. The first-order valence-electron chi connectivity index (χ1n) is 7.68. The fraction of sp³-hybridized carbons (Fsp3) is 0.222. The van der Waals surface area contributed by atoms with E-state index in [1.54, 1.807) is 24.3 Å². The number of carbonyl (C=O) groups excluding carboxylic acids is 2. The van der Waals surface area contributed by atoms with Gasteiger partial charge in [0, 0.05) is 17.7 Å². The van der Waals surface area contributed by atoms with Gasteiger partial charge in [-0.05, 0) is 17.7 Å². The molecule has 2 aromatic rings. The van der Waals surface area contributed by atoms with Crippen LogP contribution in [0.3, 0.4) is 0 Å². The van der Waals surface area contributed by atoms with Crippen LogP contribution in [0.2, 0.25) is 0 Å². The number of carbonyl (C=O) groups is 2. The Bertz CT molecular complexity index is 839. The average Bonchev–Trinajstić information content (AvgIpc) is 2.92. The molecule has 3 rings (SSSR count). The fourth-order valence-corrected chi connectivity index (χ4v) is 2.80. The number of fused-ring (bicyclic) bond motifs is 1. The molecule has 0 aromatic heterocycles. The summed E-state index contributed by atoms with van der Waals surface area (Å²) in [5, 5.41) is 5.27. The molecular formula is C18H16F2N2O3. The normalized spacial score (nSPS) is 15.5. The summed E-state index contributed by atoms with van der Waals surface area (Å²) in [6.07, 6.45) is 0.0169. The Morgan fingerprint density at radius 2 is 1.96 bits per heavy atom. The Balaban J connectivity index is 1.63. The van der Waals surface area contributed by atoms with Crippen LogP contribution in [0.5, 0.6) is 5.75 Å². The number of amides is 2. The lowest BCUT2D eigenvalue weighted by atomic mass is 10.0. The first kappa shape index (κ1) is 16.9. The van der Waals surface area contributed by atoms with Gasteiger partial charge in [0.15, 0.2) is 11.6 Å². The number of benzene rings is 2. The number of hydrogen-bond donors (Lipinski definition) is 2. The molecule has 1 aliphatic heterocycles. The van der Waals surface area contributed by atoms with Gasteiger partial charge in [-0.25, -0.2) is 4.39 Å². The van der Waals surface area contributed by atoms with Crippen LogP contribution < -0.4 is 15.4 Å². The van der Waals surface area contributed by atoms with Crippen LogP contribution in [0.1, 0.15) is 33.9 Å². The second-order valence-electron chi connectivity index (χ2n) is 5.65. The lowest BCUT2D eigenvalue weighted by Gasteiger charge is -2.13. The van der Waals surface area contributed by atoms with Crippen molar-refractivity contribution in [2.75, 3.05) is 7.11 Å². The SMILES string of the molecule is COc1ccc(CNC(=O)CC2NC(=O)c3ccccc32)c(F)c1F. The van der Waals surface area contributed by atoms with E-state index in [0.29, 0.717) is 5.56 Å². The molecule has 1 aliphatic rings. The van der Waals surface area contributed by atoms with Gasteiger partial charge in [0.2, 0.25) is 11.7 Å². The monoisotopic (exact) mass is 346 g/mol. The zero-order valence-corrected chi connectivity index (χ0v) is 13.4. The van der Waals surface area contributed by atoms with Crippen molar-refractivity contribution in [3.05, 3.63) is 64.7 Å². The van der Waals surface area contributed by atoms with Crippen LogP contribution in [0, 0.1) is 11.6 Å². The van der Waals surface area contributed by atoms with E-state index in [4.69, 9.17) is 4.74 Å². The zero-order chi connectivity index (χ0) is 18.0. The second kappa shape index (κ2) is 6.88. The predicted octanol–water partition coefficient (Wildman–Crippen LogP) is 2.46. The topological polar surface area (TPSA) is 67.4 Å². The minimum absolute atomic E-state index is 0.0162. The summed E-state index contributed by atoms with van der Waals surface area (Å²) in [5.41, 5.74) is 1.32. The molecule has 0 bridgehead atoms. The van der Waals surface area contributed by atoms with E-state index >= 15 is 0 Å². The van der Waals surface area contributed by atoms with Crippen molar-refractivity contribution in [2.45, 2.75) is 19.0 Å². The number of methoxy groups -OCH3 is 1. The molecule has 2 N–H and O–H groups in total. The van der Waals surface area contributed by atoms with Crippen molar-refractivity contribution in [3.8, 4) is 5.75 Å². The number of rotatable bonds is 5. The quantitative estimate of drug-likeness (QED) is 0.874. The van der Waals surface area contributed by atoms with Crippen molar-refractivity contribution in [1.82, 2.24) is 10.6 Å². The van der Waals surface area contributed by atoms with Gasteiger partial charge in [0.1, 0.15) is 0 Å². The smallest absolute Gasteiger partial charge is 0.252 e. The highest BCUT2D eigenvalue weighted by atomic mass is 19.2. The van der Waals surface area contributed by atoms with Crippen molar-refractivity contribution >= 4 is 11.8 Å². The van der Waals surface area contributed by atoms with Crippen LogP contribution in [0.4, 0.5) is 8.78 Å². The van der Waals surface area contributed by atoms with Crippen LogP contribution in [0.15, 0.2) is 36.4 Å². The predicted molar refractivity (Wildman–Crippen MR) is 86.0 cm³/mol. The van der Waals surface area contributed by atoms with E-state index in [0.717, 1.165) is 5.56 Å². The van der Waals surface area contributed by atoms with E-state index in [2.05, 4.69) is 10.6 Å². The summed E-state index contributed by atoms with van der Waals surface area (Å²) in [6, 6.07) is 9.24. The van der Waals surface area contributed by atoms with E-state index in [-0.39, 0.29) is 36.1 Å². The van der Waals surface area contributed by atoms with Crippen molar-refractivity contribution in [1.29, 1.82) is 0 Å². The summed E-state index contributed by atoms with van der Waals surface area (Å²) in [6.45, 7) is -0.159. The van der Waals surface area contributed by atoms with Crippen LogP contribution >= 0.6 is 0 Å². The molecular weight excluding hydrogens is 330 g/mol. The van der Waals surface area contributed by atoms with Gasteiger partial charge >= 0.3 is 0 Å². The highest BCUT2D eigenvalue weighted by molar-refractivity contribution is 5.99. The molecule has 1 atom stereocenters. The molecule has 5 nitrogen and oxygen atoms in total. The van der Waals surface area contributed by atoms with E-state index in [1.807, 2.05) is 0 Å². The first-order valence-corrected chi connectivity index (χ1v) is 7.68. The van der Waals surface area contributed by atoms with E-state index < -0.39 is 17.7 Å². The van der Waals surface area contributed by atoms with Crippen LogP contribution in [-0.4, -0.2) is 18.9 Å². The molecule has 130 valence electrons. The zero-order valence-electron chi connectivity index (χ0n) is 13.4. The molecule has 1 heterocycles. The molecule has 2 amide bonds. The highest BCUT2D eigenvalue weighted by Gasteiger charge is 2.29. The van der Waals surface area contributed by atoms with Crippen LogP contribution in [-0.2, 0) is 11.3 Å². The van der Waals surface area contributed by atoms with Gasteiger partial charge in [-0.2, -0.15) is 4.39 Å². The molecule has 0 fully saturated rings. The Morgan fingerprint density at radius 1 is 1.20 bits per heavy atom. The molecule has 0 aliphatic carbocycles. The third-order valence-electron chi connectivity index (χ3n) is 4.10. The molecule has 2 aromatic carbocycles. The Hall–Kier alpha value is -2.96. The minimum atomic E-state index is -1.09. The average molecular weight is 346 g/mol. The number of hydrogen-bond acceptors (Lipinski definition) is 3. The lowest BCUT2D eigenvalue weighted by molar-refractivity contribution is -0.121. The van der Waals surface area contributed by atoms with Gasteiger partial charge in [-0.1, -0.05) is 24.3 Å². The molecule has 0 radical (unpaired) electrons. The molecule has 0 spiro atoms. The maximum atomic E-state index is 13.9. The fourth-order valence-electron chi connectivity index (χ4n) is 2.80. The number of ether oxygens (including phenoxy) is 1. The van der Waals surface area contributed by atoms with Gasteiger partial charge in [-0.3, -0.25) is 9.59 Å². The summed E-state index contributed by atoms with van der Waals surface area (Å²) in [4.78, 5) is 23.9. The Kier molecular flexibility index (Phi) is 4.65. The van der Waals surface area contributed by atoms with Gasteiger partial charge in [0.25, 0.3) is 5.91 Å². The van der Waals surface area contributed by atoms with E-state index in [1.165, 1.54) is 19.2 Å². The Morgan fingerprint density at radius 3 is 2.72 bits per heavy atom. The standard InChI is InChI=1S/C18H16F2N2O3/c1-25-14-7-6-10(16(19)17(14)20)9-21-15(23)8-13-11-4-2-3-5-12(11)18(24)22-13/h2-7,13H,8-9H2,1H3,(H,21,23)(H,22,24). The lowest BCUT2D eigenvalue weighted by Crippen LogP contribution is -2.29. The van der Waals surface area contributed by atoms with Crippen LogP contribution in [0.25, 0.3) is 0 Å². The molecule has 0 saturated heterocycles. The van der Waals surface area contributed by atoms with Crippen molar-refractivity contribution < 1.29 is 23.1 Å². The van der Waals surface area contributed by atoms with Crippen molar-refractivity contribution in [3.63, 3.8) is 0 Å². The summed E-state index contributed by atoms with van der Waals surface area (Å²) < 4.78 is 32.2. The van der Waals surface area contributed by atoms with Gasteiger partial charge in [0.05, 0.1) is 19.6 Å². The Labute approximate surface area is 143 Å². The molecule has 0 saturated carbocycles. The largest absolute Gasteiger partial charge is 0.494 e. The summed E-state index contributed by atoms with van der Waals surface area (Å²) in [7, 11) is 1.24. The summed E-state index contributed by atoms with van der Waals surface area (Å²) >= 11 is 0. The van der Waals surface area contributed by atoms with Gasteiger partial charge < -0.3 is 15.4 Å². The molecule has 7 heteroatoms.